The molecule has 2 N–H and O–H groups in total. The van der Waals surface area contributed by atoms with Crippen molar-refractivity contribution in [3.63, 3.8) is 0 Å². The van der Waals surface area contributed by atoms with Crippen LogP contribution in [0.25, 0.3) is 0 Å². The van der Waals surface area contributed by atoms with Gasteiger partial charge in [0.25, 0.3) is 0 Å². The molecular formula is C12H16O5. The van der Waals surface area contributed by atoms with Crippen LogP contribution in [-0.2, 0) is 4.74 Å². The number of esters is 1. The predicted molar refractivity (Wildman–Crippen MR) is 61.5 cm³/mol. The Morgan fingerprint density at radius 1 is 1.35 bits per heavy atom. The Kier molecular flexibility index (Phi) is 4.63. The van der Waals surface area contributed by atoms with Gasteiger partial charge in [-0.15, -0.1) is 0 Å². The van der Waals surface area contributed by atoms with Crippen LogP contribution >= 0.6 is 0 Å². The monoisotopic (exact) mass is 240 g/mol. The third-order valence-corrected chi connectivity index (χ3v) is 2.27. The molecule has 94 valence electrons. The normalized spacial score (nSPS) is 10.0. The lowest BCUT2D eigenvalue weighted by molar-refractivity contribution is 0.0492. The minimum atomic E-state index is -0.705. The molecule has 0 saturated heterocycles. The number of carbonyl (C=O) groups is 1. The summed E-state index contributed by atoms with van der Waals surface area (Å²) < 4.78 is 9.89. The van der Waals surface area contributed by atoms with E-state index < -0.39 is 11.7 Å². The Bertz CT molecular complexity index is 400. The second kappa shape index (κ2) is 5.98. The molecule has 0 fully saturated rings. The molecule has 0 spiro atoms. The van der Waals surface area contributed by atoms with Crippen molar-refractivity contribution in [1.82, 2.24) is 0 Å². The fraction of sp³-hybridized carbons (Fsp3) is 0.417. The molecule has 0 amide bonds. The molecule has 5 nitrogen and oxygen atoms in total. The van der Waals surface area contributed by atoms with Gasteiger partial charge in [0.05, 0.1) is 13.7 Å². The first-order valence-electron chi connectivity index (χ1n) is 5.37. The number of hydrogen-bond donors (Lipinski definition) is 2. The molecule has 0 aliphatic heterocycles. The minimum Gasteiger partial charge on any atom is -0.504 e. The first-order valence-corrected chi connectivity index (χ1v) is 5.37. The Labute approximate surface area is 99.6 Å². The van der Waals surface area contributed by atoms with E-state index in [1.54, 1.807) is 0 Å². The summed E-state index contributed by atoms with van der Waals surface area (Å²) in [5.74, 6) is -1.44. The number of ether oxygens (including phenoxy) is 2. The molecule has 5 heteroatoms. The molecule has 1 rings (SSSR count). The highest BCUT2D eigenvalue weighted by atomic mass is 16.5. The van der Waals surface area contributed by atoms with E-state index in [0.29, 0.717) is 0 Å². The van der Waals surface area contributed by atoms with Gasteiger partial charge in [0.15, 0.2) is 11.5 Å². The Hall–Kier alpha value is -1.91. The van der Waals surface area contributed by atoms with Gasteiger partial charge in [-0.1, -0.05) is 13.3 Å². The number of phenolic OH excluding ortho intramolecular Hbond substituents is 2. The van der Waals surface area contributed by atoms with Gasteiger partial charge in [-0.2, -0.15) is 0 Å². The fourth-order valence-electron chi connectivity index (χ4n) is 1.31. The SMILES string of the molecule is CCCCOC(=O)c1c(OC)ccc(O)c1O. The van der Waals surface area contributed by atoms with Crippen LogP contribution in [0.4, 0.5) is 0 Å². The molecular weight excluding hydrogens is 224 g/mol. The van der Waals surface area contributed by atoms with E-state index in [-0.39, 0.29) is 23.7 Å². The molecule has 1 aromatic carbocycles. The number of phenols is 2. The predicted octanol–water partition coefficient (Wildman–Crippen LogP) is 2.06. The topological polar surface area (TPSA) is 76.0 Å². The quantitative estimate of drug-likeness (QED) is 0.468. The van der Waals surface area contributed by atoms with Crippen molar-refractivity contribution in [2.75, 3.05) is 13.7 Å². The molecule has 0 aromatic heterocycles. The summed E-state index contributed by atoms with van der Waals surface area (Å²) in [5, 5.41) is 18.9. The second-order valence-corrected chi connectivity index (χ2v) is 3.50. The van der Waals surface area contributed by atoms with Crippen molar-refractivity contribution in [3.05, 3.63) is 17.7 Å². The summed E-state index contributed by atoms with van der Waals surface area (Å²) in [4.78, 5) is 11.7. The van der Waals surface area contributed by atoms with Crippen LogP contribution in [0.3, 0.4) is 0 Å². The average molecular weight is 240 g/mol. The summed E-state index contributed by atoms with van der Waals surface area (Å²) in [5.41, 5.74) is -0.149. The van der Waals surface area contributed by atoms with Gasteiger partial charge < -0.3 is 19.7 Å². The van der Waals surface area contributed by atoms with Crippen molar-refractivity contribution < 1.29 is 24.5 Å². The summed E-state index contributed by atoms with van der Waals surface area (Å²) in [6, 6.07) is 2.64. The highest BCUT2D eigenvalue weighted by molar-refractivity contribution is 5.96. The van der Waals surface area contributed by atoms with Crippen LogP contribution in [-0.4, -0.2) is 29.9 Å². The maximum atomic E-state index is 11.7. The number of benzene rings is 1. The third kappa shape index (κ3) is 3.03. The Balaban J connectivity index is 2.94. The van der Waals surface area contributed by atoms with E-state index in [2.05, 4.69) is 0 Å². The number of unbranched alkanes of at least 4 members (excludes halogenated alkanes) is 1. The maximum absolute atomic E-state index is 11.7. The Morgan fingerprint density at radius 3 is 2.65 bits per heavy atom. The number of aromatic hydroxyl groups is 2. The minimum absolute atomic E-state index is 0.149. The second-order valence-electron chi connectivity index (χ2n) is 3.50. The summed E-state index contributed by atoms with van der Waals surface area (Å²) >= 11 is 0. The zero-order chi connectivity index (χ0) is 12.8. The van der Waals surface area contributed by atoms with E-state index >= 15 is 0 Å². The first kappa shape index (κ1) is 13.2. The van der Waals surface area contributed by atoms with Crippen LogP contribution in [0.1, 0.15) is 30.1 Å². The van der Waals surface area contributed by atoms with Crippen molar-refractivity contribution in [2.45, 2.75) is 19.8 Å². The molecule has 1 aromatic rings. The number of hydrogen-bond acceptors (Lipinski definition) is 5. The van der Waals surface area contributed by atoms with Crippen LogP contribution in [0.15, 0.2) is 12.1 Å². The lowest BCUT2D eigenvalue weighted by Gasteiger charge is -2.10. The van der Waals surface area contributed by atoms with Crippen molar-refractivity contribution in [3.8, 4) is 17.2 Å². The van der Waals surface area contributed by atoms with Gasteiger partial charge >= 0.3 is 5.97 Å². The van der Waals surface area contributed by atoms with Gasteiger partial charge in [0.1, 0.15) is 11.3 Å². The lowest BCUT2D eigenvalue weighted by atomic mass is 10.1. The summed E-state index contributed by atoms with van der Waals surface area (Å²) in [6.07, 6.45) is 1.64. The molecule has 0 unspecified atom stereocenters. The van der Waals surface area contributed by atoms with Crippen molar-refractivity contribution in [2.24, 2.45) is 0 Å². The van der Waals surface area contributed by atoms with Gasteiger partial charge in [0, 0.05) is 0 Å². The zero-order valence-corrected chi connectivity index (χ0v) is 9.90. The van der Waals surface area contributed by atoms with Crippen molar-refractivity contribution >= 4 is 5.97 Å². The highest BCUT2D eigenvalue weighted by Crippen LogP contribution is 2.35. The number of carbonyl (C=O) groups excluding carboxylic acids is 1. The highest BCUT2D eigenvalue weighted by Gasteiger charge is 2.21. The molecule has 17 heavy (non-hydrogen) atoms. The van der Waals surface area contributed by atoms with Crippen LogP contribution < -0.4 is 4.74 Å². The number of methoxy groups -OCH3 is 1. The van der Waals surface area contributed by atoms with E-state index in [1.165, 1.54) is 19.2 Å². The standard InChI is InChI=1S/C12H16O5/c1-3-4-7-17-12(15)10-9(16-2)6-5-8(13)11(10)14/h5-6,13-14H,3-4,7H2,1-2H3. The van der Waals surface area contributed by atoms with Crippen LogP contribution in [0, 0.1) is 0 Å². The maximum Gasteiger partial charge on any atom is 0.345 e. The molecule has 0 radical (unpaired) electrons. The Morgan fingerprint density at radius 2 is 2.06 bits per heavy atom. The molecule has 0 bridgehead atoms. The molecule has 0 saturated carbocycles. The fourth-order valence-corrected chi connectivity index (χ4v) is 1.31. The summed E-state index contributed by atoms with van der Waals surface area (Å²) in [6.45, 7) is 2.24. The van der Waals surface area contributed by atoms with Crippen LogP contribution in [0.5, 0.6) is 17.2 Å². The van der Waals surface area contributed by atoms with Crippen molar-refractivity contribution in [1.29, 1.82) is 0 Å². The van der Waals surface area contributed by atoms with Gasteiger partial charge in [-0.05, 0) is 18.6 Å². The molecule has 0 heterocycles. The lowest BCUT2D eigenvalue weighted by Crippen LogP contribution is -2.08. The number of rotatable bonds is 5. The van der Waals surface area contributed by atoms with E-state index in [1.807, 2.05) is 6.92 Å². The largest absolute Gasteiger partial charge is 0.504 e. The smallest absolute Gasteiger partial charge is 0.345 e. The van der Waals surface area contributed by atoms with E-state index in [0.717, 1.165) is 12.8 Å². The average Bonchev–Trinajstić information content (AvgIpc) is 2.32. The van der Waals surface area contributed by atoms with Gasteiger partial charge in [0.2, 0.25) is 0 Å². The van der Waals surface area contributed by atoms with Gasteiger partial charge in [-0.25, -0.2) is 4.79 Å². The van der Waals surface area contributed by atoms with Crippen LogP contribution in [0.2, 0.25) is 0 Å². The summed E-state index contributed by atoms with van der Waals surface area (Å²) in [7, 11) is 1.37. The molecule has 0 aliphatic rings. The first-order chi connectivity index (χ1) is 8.11. The van der Waals surface area contributed by atoms with E-state index in [4.69, 9.17) is 9.47 Å². The molecule has 0 aliphatic carbocycles. The van der Waals surface area contributed by atoms with Gasteiger partial charge in [-0.3, -0.25) is 0 Å². The zero-order valence-electron chi connectivity index (χ0n) is 9.90. The third-order valence-electron chi connectivity index (χ3n) is 2.27. The van der Waals surface area contributed by atoms with E-state index in [9.17, 15) is 15.0 Å². The molecule has 0 atom stereocenters.